The molecule has 4 rings (SSSR count). The van der Waals surface area contributed by atoms with E-state index >= 15 is 0 Å². The molecule has 0 bridgehead atoms. The number of benzene rings is 2. The molecular weight excluding hydrogens is 458 g/mol. The average Bonchev–Trinajstić information content (AvgIpc) is 3.25. The van der Waals surface area contributed by atoms with Crippen molar-refractivity contribution >= 4 is 61.5 Å². The molecule has 10 nitrogen and oxygen atoms in total. The molecule has 168 valence electrons. The molecule has 1 aliphatic heterocycles. The quantitative estimate of drug-likeness (QED) is 0.328. The molecule has 0 saturated heterocycles. The number of fused-ring (bicyclic) bond motifs is 2. The maximum Gasteiger partial charge on any atom is 0.335 e. The zero-order valence-corrected chi connectivity index (χ0v) is 18.4. The number of halogens is 1. The van der Waals surface area contributed by atoms with Gasteiger partial charge in [0.2, 0.25) is 5.79 Å². The van der Waals surface area contributed by atoms with Gasteiger partial charge in [0, 0.05) is 12.1 Å². The van der Waals surface area contributed by atoms with E-state index in [-0.39, 0.29) is 18.8 Å². The minimum absolute atomic E-state index is 0.0713. The predicted octanol–water partition coefficient (Wildman–Crippen LogP) is 2.14. The summed E-state index contributed by atoms with van der Waals surface area (Å²) in [7, 11) is 1.70. The highest BCUT2D eigenvalue weighted by atomic mass is 35.5. The number of carboxylic acid groups (broad SMARTS) is 1. The van der Waals surface area contributed by atoms with Crippen molar-refractivity contribution in [3.63, 3.8) is 0 Å². The predicted molar refractivity (Wildman–Crippen MR) is 122 cm³/mol. The van der Waals surface area contributed by atoms with E-state index < -0.39 is 23.8 Å². The van der Waals surface area contributed by atoms with Gasteiger partial charge in [-0.15, -0.1) is 0 Å². The molecule has 2 atom stereocenters. The lowest BCUT2D eigenvalue weighted by molar-refractivity contribution is -0.133. The lowest BCUT2D eigenvalue weighted by Gasteiger charge is -2.42. The Kier molecular flexibility index (Phi) is 5.82. The highest BCUT2D eigenvalue weighted by molar-refractivity contribution is 7.22. The molecule has 1 amide bonds. The summed E-state index contributed by atoms with van der Waals surface area (Å²) < 4.78 is 6.46. The second-order valence-electron chi connectivity index (χ2n) is 7.12. The van der Waals surface area contributed by atoms with E-state index in [0.29, 0.717) is 27.0 Å². The fourth-order valence-electron chi connectivity index (χ4n) is 3.66. The molecule has 6 N–H and O–H groups in total. The Morgan fingerprint density at radius 2 is 2.16 bits per heavy atom. The zero-order chi connectivity index (χ0) is 23.0. The van der Waals surface area contributed by atoms with Gasteiger partial charge in [0.1, 0.15) is 0 Å². The first-order valence-electron chi connectivity index (χ1n) is 9.50. The number of carboxylic acids is 1. The van der Waals surface area contributed by atoms with Crippen LogP contribution in [0, 0.1) is 0 Å². The number of ether oxygens (including phenoxy) is 1. The number of hydrogen-bond donors (Lipinski definition) is 5. The number of carbonyl (C=O) groups is 2. The van der Waals surface area contributed by atoms with Crippen LogP contribution in [0.1, 0.15) is 10.4 Å². The maximum atomic E-state index is 12.5. The van der Waals surface area contributed by atoms with Crippen LogP contribution in [0.3, 0.4) is 0 Å². The molecule has 12 heteroatoms. The van der Waals surface area contributed by atoms with Crippen molar-refractivity contribution in [2.24, 2.45) is 5.73 Å². The molecular formula is C20H20ClN5O5S. The van der Waals surface area contributed by atoms with Gasteiger partial charge in [-0.3, -0.25) is 4.79 Å². The van der Waals surface area contributed by atoms with E-state index in [1.165, 1.54) is 23.5 Å². The fraction of sp³-hybridized carbons (Fsp3) is 0.250. The lowest BCUT2D eigenvalue weighted by Crippen LogP contribution is -2.67. The van der Waals surface area contributed by atoms with Crippen LogP contribution in [0.4, 0.5) is 16.5 Å². The number of nitrogens with two attached hydrogens (primary N) is 1. The molecule has 1 aromatic heterocycles. The lowest BCUT2D eigenvalue weighted by atomic mass is 10.1. The number of aromatic carboxylic acids is 1. The first-order chi connectivity index (χ1) is 15.2. The SMILES string of the molecule is CN1c2ccc(C(=O)O)cc2NC1(Nc1nc2ccc(Cl)cc2s1)C(OCCO)C(N)=O. The fourth-order valence-corrected chi connectivity index (χ4v) is 4.86. The van der Waals surface area contributed by atoms with E-state index in [2.05, 4.69) is 15.6 Å². The Morgan fingerprint density at radius 1 is 1.38 bits per heavy atom. The molecule has 2 unspecified atom stereocenters. The van der Waals surface area contributed by atoms with Crippen LogP contribution in [0.25, 0.3) is 10.2 Å². The number of aromatic nitrogens is 1. The smallest absolute Gasteiger partial charge is 0.335 e. The molecule has 0 spiro atoms. The number of anilines is 3. The first-order valence-corrected chi connectivity index (χ1v) is 10.7. The summed E-state index contributed by atoms with van der Waals surface area (Å²) in [6, 6.07) is 9.82. The number of thiazole rings is 1. The number of nitrogens with one attached hydrogen (secondary N) is 2. The molecule has 0 radical (unpaired) electrons. The summed E-state index contributed by atoms with van der Waals surface area (Å²) in [5, 5.41) is 26.0. The third kappa shape index (κ3) is 3.79. The number of primary amides is 1. The summed E-state index contributed by atoms with van der Waals surface area (Å²) >= 11 is 7.40. The van der Waals surface area contributed by atoms with Crippen LogP contribution < -0.4 is 21.3 Å². The van der Waals surface area contributed by atoms with Crippen LogP contribution in [0.2, 0.25) is 5.02 Å². The van der Waals surface area contributed by atoms with Gasteiger partial charge in [0.25, 0.3) is 5.91 Å². The molecule has 0 fully saturated rings. The molecule has 2 aromatic carbocycles. The Hall–Kier alpha value is -3.12. The summed E-state index contributed by atoms with van der Waals surface area (Å²) in [6.07, 6.45) is -1.28. The third-order valence-electron chi connectivity index (χ3n) is 5.12. The number of aliphatic hydroxyl groups excluding tert-OH is 1. The number of amides is 1. The molecule has 3 aromatic rings. The maximum absolute atomic E-state index is 12.5. The van der Waals surface area contributed by atoms with Gasteiger partial charge in [-0.05, 0) is 36.4 Å². The van der Waals surface area contributed by atoms with Gasteiger partial charge < -0.3 is 36.2 Å². The number of nitrogens with zero attached hydrogens (tertiary/aromatic N) is 2. The number of likely N-dealkylation sites (N-methyl/N-ethyl adjacent to an activating group) is 1. The molecule has 32 heavy (non-hydrogen) atoms. The van der Waals surface area contributed by atoms with Gasteiger partial charge in [-0.25, -0.2) is 9.78 Å². The highest BCUT2D eigenvalue weighted by Gasteiger charge is 2.52. The minimum atomic E-state index is -1.45. The second kappa shape index (κ2) is 8.43. The number of aliphatic hydroxyl groups is 1. The van der Waals surface area contributed by atoms with Crippen LogP contribution in [0.5, 0.6) is 0 Å². The Labute approximate surface area is 191 Å². The average molecular weight is 478 g/mol. The van der Waals surface area contributed by atoms with E-state index in [1.54, 1.807) is 36.2 Å². The topological polar surface area (TPSA) is 150 Å². The summed E-state index contributed by atoms with van der Waals surface area (Å²) in [5.74, 6) is -3.33. The number of carbonyl (C=O) groups excluding carboxylic acids is 1. The monoisotopic (exact) mass is 477 g/mol. The van der Waals surface area contributed by atoms with E-state index in [9.17, 15) is 19.8 Å². The van der Waals surface area contributed by atoms with Crippen molar-refractivity contribution in [3.05, 3.63) is 47.0 Å². The molecule has 0 aliphatic carbocycles. The minimum Gasteiger partial charge on any atom is -0.478 e. The van der Waals surface area contributed by atoms with Crippen LogP contribution in [0.15, 0.2) is 36.4 Å². The van der Waals surface area contributed by atoms with Crippen molar-refractivity contribution in [1.82, 2.24) is 4.98 Å². The van der Waals surface area contributed by atoms with Crippen molar-refractivity contribution in [3.8, 4) is 0 Å². The molecule has 1 aliphatic rings. The summed E-state index contributed by atoms with van der Waals surface area (Å²) in [4.78, 5) is 30.2. The van der Waals surface area contributed by atoms with Crippen molar-refractivity contribution < 1.29 is 24.5 Å². The highest BCUT2D eigenvalue weighted by Crippen LogP contribution is 2.43. The normalized spacial score (nSPS) is 18.3. The van der Waals surface area contributed by atoms with E-state index in [4.69, 9.17) is 22.1 Å². The number of rotatable bonds is 8. The second-order valence-corrected chi connectivity index (χ2v) is 8.59. The molecule has 0 saturated carbocycles. The van der Waals surface area contributed by atoms with E-state index in [1.807, 2.05) is 0 Å². The van der Waals surface area contributed by atoms with Gasteiger partial charge in [-0.2, -0.15) is 0 Å². The van der Waals surface area contributed by atoms with Crippen LogP contribution in [-0.4, -0.2) is 59.2 Å². The standard InChI is InChI=1S/C20H20ClN5O5S/c1-26-14-5-2-10(18(29)30)8-13(14)24-20(26,16(17(22)28)31-7-6-27)25-19-23-12-4-3-11(21)9-15(12)32-19/h2-5,8-9,16,24,27H,6-7H2,1H3,(H2,22,28)(H,23,25)(H,29,30). The van der Waals surface area contributed by atoms with Gasteiger partial charge in [0.05, 0.1) is 40.4 Å². The Balaban J connectivity index is 1.81. The first kappa shape index (κ1) is 22.1. The van der Waals surface area contributed by atoms with Crippen LogP contribution >= 0.6 is 22.9 Å². The molecule has 2 heterocycles. The van der Waals surface area contributed by atoms with Gasteiger partial charge in [-0.1, -0.05) is 22.9 Å². The summed E-state index contributed by atoms with van der Waals surface area (Å²) in [5.41, 5.74) is 7.54. The van der Waals surface area contributed by atoms with Gasteiger partial charge >= 0.3 is 5.97 Å². The van der Waals surface area contributed by atoms with Crippen LogP contribution in [-0.2, 0) is 9.53 Å². The van der Waals surface area contributed by atoms with E-state index in [0.717, 1.165) is 4.70 Å². The van der Waals surface area contributed by atoms with Crippen molar-refractivity contribution in [1.29, 1.82) is 0 Å². The Bertz CT molecular complexity index is 1200. The third-order valence-corrected chi connectivity index (χ3v) is 6.29. The zero-order valence-electron chi connectivity index (χ0n) is 16.8. The Morgan fingerprint density at radius 3 is 2.84 bits per heavy atom. The largest absolute Gasteiger partial charge is 0.478 e. The van der Waals surface area contributed by atoms with Gasteiger partial charge in [0.15, 0.2) is 11.2 Å². The van der Waals surface area contributed by atoms with Crippen molar-refractivity contribution in [2.75, 3.05) is 35.8 Å². The van der Waals surface area contributed by atoms with Crippen molar-refractivity contribution in [2.45, 2.75) is 11.9 Å². The number of hydrogen-bond acceptors (Lipinski definition) is 9. The summed E-state index contributed by atoms with van der Waals surface area (Å²) in [6.45, 7) is -0.460.